The number of hydrogen-bond acceptors (Lipinski definition) is 4. The first-order valence-electron chi connectivity index (χ1n) is 6.84. The molecule has 2 rings (SSSR count). The second kappa shape index (κ2) is 10.6. The fraction of sp³-hybridized carbons (Fsp3) is 0.571. The van der Waals surface area contributed by atoms with Gasteiger partial charge in [-0.3, -0.25) is 4.79 Å². The van der Waals surface area contributed by atoms with E-state index in [1.807, 2.05) is 6.92 Å². The van der Waals surface area contributed by atoms with Crippen molar-refractivity contribution in [3.63, 3.8) is 0 Å². The van der Waals surface area contributed by atoms with Gasteiger partial charge in [-0.05, 0) is 44.6 Å². The summed E-state index contributed by atoms with van der Waals surface area (Å²) in [6.45, 7) is 2.05. The first kappa shape index (κ1) is 23.2. The Labute approximate surface area is 143 Å². The Hall–Kier alpha value is -1.08. The third-order valence-corrected chi connectivity index (χ3v) is 3.93. The lowest BCUT2D eigenvalue weighted by Gasteiger charge is -2.29. The maximum atomic E-state index is 12.2. The van der Waals surface area contributed by atoms with Gasteiger partial charge in [0, 0.05) is 29.9 Å². The highest BCUT2D eigenvalue weighted by Crippen LogP contribution is 2.31. The van der Waals surface area contributed by atoms with E-state index in [0.29, 0.717) is 17.4 Å². The van der Waals surface area contributed by atoms with Gasteiger partial charge in [-0.1, -0.05) is 0 Å². The molecule has 22 heavy (non-hydrogen) atoms. The van der Waals surface area contributed by atoms with Gasteiger partial charge >= 0.3 is 0 Å². The minimum Gasteiger partial charge on any atom is -0.412 e. The van der Waals surface area contributed by atoms with Crippen LogP contribution in [-0.4, -0.2) is 22.4 Å². The molecule has 1 fully saturated rings. The number of anilines is 2. The molecule has 0 radical (unpaired) electrons. The lowest BCUT2D eigenvalue weighted by atomic mass is 9.79. The number of nitrogens with two attached hydrogens (primary N) is 2. The van der Waals surface area contributed by atoms with Gasteiger partial charge in [0.05, 0.1) is 0 Å². The van der Waals surface area contributed by atoms with Crippen LogP contribution in [0.15, 0.2) is 18.3 Å². The third kappa shape index (κ3) is 6.36. The van der Waals surface area contributed by atoms with Crippen molar-refractivity contribution in [2.75, 3.05) is 11.1 Å². The normalized spacial score (nSPS) is 21.4. The number of rotatable bonds is 3. The van der Waals surface area contributed by atoms with Gasteiger partial charge in [0.1, 0.15) is 5.82 Å². The van der Waals surface area contributed by atoms with Crippen LogP contribution in [-0.2, 0) is 4.79 Å². The van der Waals surface area contributed by atoms with Crippen molar-refractivity contribution in [3.05, 3.63) is 18.3 Å². The molecule has 1 heterocycles. The lowest BCUT2D eigenvalue weighted by Crippen LogP contribution is -2.33. The average Bonchev–Trinajstić information content (AvgIpc) is 2.39. The van der Waals surface area contributed by atoms with E-state index in [1.54, 1.807) is 18.3 Å². The van der Waals surface area contributed by atoms with Crippen molar-refractivity contribution in [2.45, 2.75) is 38.6 Å². The molecular weight excluding hydrogens is 327 g/mol. The summed E-state index contributed by atoms with van der Waals surface area (Å²) in [7, 11) is 0. The molecule has 1 aliphatic rings. The van der Waals surface area contributed by atoms with Crippen molar-refractivity contribution in [2.24, 2.45) is 17.6 Å². The summed E-state index contributed by atoms with van der Waals surface area (Å²) in [6, 6.07) is 3.65. The largest absolute Gasteiger partial charge is 0.412 e. The molecule has 7 N–H and O–H groups in total. The van der Waals surface area contributed by atoms with E-state index in [1.165, 1.54) is 0 Å². The molecule has 0 aromatic carbocycles. The summed E-state index contributed by atoms with van der Waals surface area (Å²) < 4.78 is 0. The minimum absolute atomic E-state index is 0. The molecule has 0 spiro atoms. The fourth-order valence-corrected chi connectivity index (χ4v) is 2.68. The van der Waals surface area contributed by atoms with Crippen LogP contribution in [0.5, 0.6) is 0 Å². The molecule has 0 saturated heterocycles. The van der Waals surface area contributed by atoms with Crippen LogP contribution in [0.1, 0.15) is 32.6 Å². The van der Waals surface area contributed by atoms with Gasteiger partial charge in [0.2, 0.25) is 5.91 Å². The number of amides is 1. The van der Waals surface area contributed by atoms with Crippen molar-refractivity contribution in [1.82, 2.24) is 4.98 Å². The summed E-state index contributed by atoms with van der Waals surface area (Å²) in [5.41, 5.74) is 12.2. The lowest BCUT2D eigenvalue weighted by molar-refractivity contribution is -0.121. The van der Waals surface area contributed by atoms with E-state index in [0.717, 1.165) is 25.7 Å². The monoisotopic (exact) mass is 352 g/mol. The molecule has 1 aromatic heterocycles. The number of halogens is 2. The van der Waals surface area contributed by atoms with Crippen molar-refractivity contribution in [3.8, 4) is 0 Å². The van der Waals surface area contributed by atoms with Crippen molar-refractivity contribution < 1.29 is 10.3 Å². The Balaban J connectivity index is 0. The topological polar surface area (TPSA) is 126 Å². The van der Waals surface area contributed by atoms with E-state index >= 15 is 0 Å². The zero-order valence-electron chi connectivity index (χ0n) is 12.6. The Bertz CT molecular complexity index is 452. The number of aromatic nitrogens is 1. The Morgan fingerprint density at radius 2 is 1.91 bits per heavy atom. The van der Waals surface area contributed by atoms with Crippen LogP contribution in [0, 0.1) is 11.8 Å². The Morgan fingerprint density at radius 3 is 2.41 bits per heavy atom. The van der Waals surface area contributed by atoms with Crippen LogP contribution in [0.4, 0.5) is 11.5 Å². The number of nitrogens with zero attached hydrogens (tertiary/aromatic N) is 1. The predicted molar refractivity (Wildman–Crippen MR) is 94.5 cm³/mol. The maximum Gasteiger partial charge on any atom is 0.227 e. The predicted octanol–water partition coefficient (Wildman–Crippen LogP) is 1.77. The SMILES string of the molecule is CC(N)C1CCC(C(=O)Nc2ccnc(N)c2)CC1.Cl.Cl.O. The highest BCUT2D eigenvalue weighted by atomic mass is 35.5. The zero-order valence-corrected chi connectivity index (χ0v) is 14.3. The van der Waals surface area contributed by atoms with Gasteiger partial charge in [0.25, 0.3) is 0 Å². The summed E-state index contributed by atoms with van der Waals surface area (Å²) in [5, 5.41) is 2.91. The number of hydrogen-bond donors (Lipinski definition) is 3. The van der Waals surface area contributed by atoms with Crippen LogP contribution in [0.3, 0.4) is 0 Å². The van der Waals surface area contributed by atoms with Gasteiger partial charge in [-0.25, -0.2) is 4.98 Å². The van der Waals surface area contributed by atoms with Crippen LogP contribution in [0.25, 0.3) is 0 Å². The number of carbonyl (C=O) groups excluding carboxylic acids is 1. The summed E-state index contributed by atoms with van der Waals surface area (Å²) in [6.07, 6.45) is 5.50. The number of carbonyl (C=O) groups is 1. The molecule has 8 heteroatoms. The number of pyridine rings is 1. The molecule has 1 aromatic rings. The second-order valence-electron chi connectivity index (χ2n) is 5.43. The van der Waals surface area contributed by atoms with E-state index in [9.17, 15) is 4.79 Å². The molecule has 0 bridgehead atoms. The molecule has 0 aliphatic heterocycles. The highest BCUT2D eigenvalue weighted by Gasteiger charge is 2.27. The zero-order chi connectivity index (χ0) is 13.8. The van der Waals surface area contributed by atoms with Crippen molar-refractivity contribution in [1.29, 1.82) is 0 Å². The van der Waals surface area contributed by atoms with E-state index in [-0.39, 0.29) is 48.2 Å². The second-order valence-corrected chi connectivity index (χ2v) is 5.43. The number of nitrogen functional groups attached to an aromatic ring is 1. The minimum atomic E-state index is 0. The molecule has 6 nitrogen and oxygen atoms in total. The van der Waals surface area contributed by atoms with Crippen LogP contribution < -0.4 is 16.8 Å². The van der Waals surface area contributed by atoms with E-state index in [4.69, 9.17) is 11.5 Å². The summed E-state index contributed by atoms with van der Waals surface area (Å²) in [4.78, 5) is 16.1. The van der Waals surface area contributed by atoms with Gasteiger partial charge in [0.15, 0.2) is 0 Å². The van der Waals surface area contributed by atoms with Crippen LogP contribution >= 0.6 is 24.8 Å². The molecule has 128 valence electrons. The molecular formula is C14H26Cl2N4O2. The molecule has 1 aliphatic carbocycles. The highest BCUT2D eigenvalue weighted by molar-refractivity contribution is 5.92. The van der Waals surface area contributed by atoms with Gasteiger partial charge < -0.3 is 22.3 Å². The third-order valence-electron chi connectivity index (χ3n) is 3.93. The van der Waals surface area contributed by atoms with E-state index < -0.39 is 0 Å². The quantitative estimate of drug-likeness (QED) is 0.765. The standard InChI is InChI=1S/C14H22N4O.2ClH.H2O/c1-9(15)10-2-4-11(5-3-10)14(19)18-12-6-7-17-13(16)8-12;;;/h6-11H,2-5,15H2,1H3,(H3,16,17,18,19);2*1H;1H2. The molecule has 1 saturated carbocycles. The van der Waals surface area contributed by atoms with Gasteiger partial charge in [-0.15, -0.1) is 24.8 Å². The number of nitrogens with one attached hydrogen (secondary N) is 1. The average molecular weight is 353 g/mol. The van der Waals surface area contributed by atoms with Gasteiger partial charge in [-0.2, -0.15) is 0 Å². The Morgan fingerprint density at radius 1 is 1.32 bits per heavy atom. The molecule has 1 amide bonds. The smallest absolute Gasteiger partial charge is 0.227 e. The Kier molecular flexibility index (Phi) is 11.2. The fourth-order valence-electron chi connectivity index (χ4n) is 2.68. The van der Waals surface area contributed by atoms with Crippen LogP contribution in [0.2, 0.25) is 0 Å². The summed E-state index contributed by atoms with van der Waals surface area (Å²) >= 11 is 0. The first-order chi connectivity index (χ1) is 9.06. The maximum absolute atomic E-state index is 12.2. The summed E-state index contributed by atoms with van der Waals surface area (Å²) in [5.74, 6) is 1.14. The molecule has 1 atom stereocenters. The molecule has 1 unspecified atom stereocenters. The van der Waals surface area contributed by atoms with E-state index in [2.05, 4.69) is 10.3 Å². The van der Waals surface area contributed by atoms with Crippen molar-refractivity contribution >= 4 is 42.2 Å². The first-order valence-corrected chi connectivity index (χ1v) is 6.84.